The van der Waals surface area contributed by atoms with Crippen molar-refractivity contribution in [1.29, 1.82) is 0 Å². The quantitative estimate of drug-likeness (QED) is 0.573. The molecule has 2 aliphatic rings. The number of hydrogen-bond acceptors (Lipinski definition) is 2. The Labute approximate surface area is 69.6 Å². The van der Waals surface area contributed by atoms with Crippen molar-refractivity contribution in [3.8, 4) is 0 Å². The Morgan fingerprint density at radius 2 is 1.17 bits per heavy atom. The maximum atomic E-state index is 11.1. The zero-order valence-corrected chi connectivity index (χ0v) is 6.28. The Bertz CT molecular complexity index is 341. The fraction of sp³-hybridized carbons (Fsp3) is 0. The van der Waals surface area contributed by atoms with Crippen molar-refractivity contribution in [1.82, 2.24) is 0 Å². The summed E-state index contributed by atoms with van der Waals surface area (Å²) in [6, 6.07) is 0. The minimum Gasteiger partial charge on any atom is -0.289 e. The van der Waals surface area contributed by atoms with Crippen LogP contribution in [0.1, 0.15) is 0 Å². The Balaban J connectivity index is 2.35. The monoisotopic (exact) mass is 158 g/mol. The summed E-state index contributed by atoms with van der Waals surface area (Å²) in [6.07, 6.45) is 9.57. The van der Waals surface area contributed by atoms with E-state index < -0.39 is 0 Å². The van der Waals surface area contributed by atoms with E-state index >= 15 is 0 Å². The van der Waals surface area contributed by atoms with Gasteiger partial charge in [0.2, 0.25) is 0 Å². The second-order valence-electron chi connectivity index (χ2n) is 2.61. The molecule has 12 heavy (non-hydrogen) atoms. The number of rotatable bonds is 1. The lowest BCUT2D eigenvalue weighted by Crippen LogP contribution is -2.04. The summed E-state index contributed by atoms with van der Waals surface area (Å²) < 4.78 is 0. The predicted octanol–water partition coefficient (Wildman–Crippen LogP) is 1.12. The van der Waals surface area contributed by atoms with E-state index in [0.717, 1.165) is 0 Å². The standard InChI is InChI=1S/C10H6O2/c11-9-5-1-3-7(9)8-4-2-6-10(8)12/h1-6H. The van der Waals surface area contributed by atoms with E-state index in [2.05, 4.69) is 0 Å². The molecule has 2 aliphatic carbocycles. The largest absolute Gasteiger partial charge is 0.289 e. The van der Waals surface area contributed by atoms with Crippen molar-refractivity contribution in [3.63, 3.8) is 0 Å². The highest BCUT2D eigenvalue weighted by molar-refractivity contribution is 6.22. The number of hydrogen-bond donors (Lipinski definition) is 0. The fourth-order valence-electron chi connectivity index (χ4n) is 1.25. The molecule has 0 radical (unpaired) electrons. The van der Waals surface area contributed by atoms with Crippen LogP contribution in [0.5, 0.6) is 0 Å². The third-order valence-electron chi connectivity index (χ3n) is 1.84. The van der Waals surface area contributed by atoms with Crippen molar-refractivity contribution >= 4 is 11.6 Å². The SMILES string of the molecule is O=C1C=CC=C1C1=CC=CC1=O. The Morgan fingerprint density at radius 3 is 1.42 bits per heavy atom. The zero-order valence-electron chi connectivity index (χ0n) is 6.28. The fourth-order valence-corrected chi connectivity index (χ4v) is 1.25. The molecule has 0 heterocycles. The van der Waals surface area contributed by atoms with Crippen molar-refractivity contribution in [2.75, 3.05) is 0 Å². The molecule has 0 aromatic rings. The van der Waals surface area contributed by atoms with Gasteiger partial charge >= 0.3 is 0 Å². The molecule has 2 heteroatoms. The molecule has 0 aliphatic heterocycles. The molecule has 0 atom stereocenters. The van der Waals surface area contributed by atoms with E-state index in [1.165, 1.54) is 12.2 Å². The molecule has 0 bridgehead atoms. The summed E-state index contributed by atoms with van der Waals surface area (Å²) in [4.78, 5) is 22.3. The van der Waals surface area contributed by atoms with Crippen LogP contribution in [0.15, 0.2) is 47.6 Å². The third-order valence-corrected chi connectivity index (χ3v) is 1.84. The first-order valence-corrected chi connectivity index (χ1v) is 3.65. The van der Waals surface area contributed by atoms with Crippen LogP contribution in [0.4, 0.5) is 0 Å². The van der Waals surface area contributed by atoms with Gasteiger partial charge in [0.1, 0.15) is 0 Å². The van der Waals surface area contributed by atoms with Gasteiger partial charge in [-0.05, 0) is 12.2 Å². The van der Waals surface area contributed by atoms with Crippen LogP contribution in [0, 0.1) is 0 Å². The molecule has 0 spiro atoms. The highest BCUT2D eigenvalue weighted by atomic mass is 16.1. The number of ketones is 2. The average molecular weight is 158 g/mol. The van der Waals surface area contributed by atoms with Gasteiger partial charge in [0.25, 0.3) is 0 Å². The number of allylic oxidation sites excluding steroid dienone is 8. The Hall–Kier alpha value is -1.70. The van der Waals surface area contributed by atoms with Crippen LogP contribution in [0.25, 0.3) is 0 Å². The molecule has 0 N–H and O–H groups in total. The average Bonchev–Trinajstić information content (AvgIpc) is 2.59. The van der Waals surface area contributed by atoms with Crippen molar-refractivity contribution < 1.29 is 9.59 Å². The summed E-state index contributed by atoms with van der Waals surface area (Å²) in [5, 5.41) is 0. The first-order valence-electron chi connectivity index (χ1n) is 3.65. The summed E-state index contributed by atoms with van der Waals surface area (Å²) in [7, 11) is 0. The van der Waals surface area contributed by atoms with E-state index in [9.17, 15) is 9.59 Å². The molecule has 0 unspecified atom stereocenters. The highest BCUT2D eigenvalue weighted by Gasteiger charge is 2.20. The van der Waals surface area contributed by atoms with Gasteiger partial charge in [-0.2, -0.15) is 0 Å². The smallest absolute Gasteiger partial charge is 0.186 e. The molecule has 0 aromatic carbocycles. The van der Waals surface area contributed by atoms with Crippen LogP contribution < -0.4 is 0 Å². The number of carbonyl (C=O) groups excluding carboxylic acids is 2. The molecular weight excluding hydrogens is 152 g/mol. The van der Waals surface area contributed by atoms with Crippen LogP contribution in [0.2, 0.25) is 0 Å². The van der Waals surface area contributed by atoms with Gasteiger partial charge in [-0.15, -0.1) is 0 Å². The molecule has 58 valence electrons. The summed E-state index contributed by atoms with van der Waals surface area (Å²) in [5.74, 6) is -0.170. The van der Waals surface area contributed by atoms with E-state index in [-0.39, 0.29) is 11.6 Å². The predicted molar refractivity (Wildman–Crippen MR) is 44.5 cm³/mol. The second kappa shape index (κ2) is 2.41. The lowest BCUT2D eigenvalue weighted by molar-refractivity contribution is -0.113. The van der Waals surface area contributed by atoms with E-state index in [4.69, 9.17) is 0 Å². The topological polar surface area (TPSA) is 34.1 Å². The molecule has 2 nitrogen and oxygen atoms in total. The third kappa shape index (κ3) is 0.889. The Morgan fingerprint density at radius 1 is 0.750 bits per heavy atom. The van der Waals surface area contributed by atoms with E-state index in [1.807, 2.05) is 0 Å². The van der Waals surface area contributed by atoms with Gasteiger partial charge in [-0.3, -0.25) is 9.59 Å². The van der Waals surface area contributed by atoms with Gasteiger partial charge < -0.3 is 0 Å². The van der Waals surface area contributed by atoms with Crippen LogP contribution in [0.3, 0.4) is 0 Å². The number of carbonyl (C=O) groups is 2. The lowest BCUT2D eigenvalue weighted by atomic mass is 10.0. The lowest BCUT2D eigenvalue weighted by Gasteiger charge is -1.97. The van der Waals surface area contributed by atoms with Crippen LogP contribution in [-0.2, 0) is 9.59 Å². The van der Waals surface area contributed by atoms with Gasteiger partial charge in [-0.1, -0.05) is 24.3 Å². The van der Waals surface area contributed by atoms with Crippen molar-refractivity contribution in [2.24, 2.45) is 0 Å². The minimum absolute atomic E-state index is 0.0849. The first kappa shape index (κ1) is 6.98. The zero-order chi connectivity index (χ0) is 8.55. The molecule has 0 saturated heterocycles. The van der Waals surface area contributed by atoms with Gasteiger partial charge in [-0.25, -0.2) is 0 Å². The van der Waals surface area contributed by atoms with E-state index in [1.54, 1.807) is 24.3 Å². The second-order valence-corrected chi connectivity index (χ2v) is 2.61. The summed E-state index contributed by atoms with van der Waals surface area (Å²) in [6.45, 7) is 0. The summed E-state index contributed by atoms with van der Waals surface area (Å²) >= 11 is 0. The van der Waals surface area contributed by atoms with Crippen LogP contribution in [-0.4, -0.2) is 11.6 Å². The molecule has 0 saturated carbocycles. The minimum atomic E-state index is -0.0849. The summed E-state index contributed by atoms with van der Waals surface area (Å²) in [5.41, 5.74) is 1.01. The molecule has 0 amide bonds. The van der Waals surface area contributed by atoms with Gasteiger partial charge in [0.15, 0.2) is 11.6 Å². The Kier molecular flexibility index (Phi) is 1.40. The first-order chi connectivity index (χ1) is 5.79. The van der Waals surface area contributed by atoms with Crippen molar-refractivity contribution in [3.05, 3.63) is 47.6 Å². The molecule has 0 aromatic heterocycles. The normalized spacial score (nSPS) is 20.3. The maximum absolute atomic E-state index is 11.1. The molecule has 2 rings (SSSR count). The van der Waals surface area contributed by atoms with Gasteiger partial charge in [0.05, 0.1) is 0 Å². The maximum Gasteiger partial charge on any atom is 0.186 e. The van der Waals surface area contributed by atoms with Gasteiger partial charge in [0, 0.05) is 11.1 Å². The highest BCUT2D eigenvalue weighted by Crippen LogP contribution is 2.21. The van der Waals surface area contributed by atoms with E-state index in [0.29, 0.717) is 11.1 Å². The van der Waals surface area contributed by atoms with Crippen LogP contribution >= 0.6 is 0 Å². The van der Waals surface area contributed by atoms with Crippen molar-refractivity contribution in [2.45, 2.75) is 0 Å². The molecular formula is C10H6O2. The molecule has 0 fully saturated rings.